The SMILES string of the molecule is CC1CCC(C(=O)c2cccc(F)c2Br)CC1C. The highest BCUT2D eigenvalue weighted by Crippen LogP contribution is 2.36. The van der Waals surface area contributed by atoms with Crippen molar-refractivity contribution in [2.45, 2.75) is 33.1 Å². The quantitative estimate of drug-likeness (QED) is 0.714. The molecule has 98 valence electrons. The molecule has 1 nitrogen and oxygen atoms in total. The van der Waals surface area contributed by atoms with Crippen LogP contribution in [0.1, 0.15) is 43.5 Å². The molecule has 1 aromatic carbocycles. The minimum absolute atomic E-state index is 0.0503. The molecule has 0 N–H and O–H groups in total. The number of Topliss-reactive ketones (excluding diaryl/α,β-unsaturated/α-hetero) is 1. The molecule has 0 radical (unpaired) electrons. The van der Waals surface area contributed by atoms with Gasteiger partial charge in [0, 0.05) is 11.5 Å². The van der Waals surface area contributed by atoms with E-state index in [-0.39, 0.29) is 17.5 Å². The van der Waals surface area contributed by atoms with Gasteiger partial charge in [-0.05, 0) is 53.1 Å². The average molecular weight is 313 g/mol. The van der Waals surface area contributed by atoms with Crippen LogP contribution in [0.4, 0.5) is 4.39 Å². The van der Waals surface area contributed by atoms with Crippen molar-refractivity contribution in [3.63, 3.8) is 0 Å². The van der Waals surface area contributed by atoms with E-state index in [4.69, 9.17) is 0 Å². The highest BCUT2D eigenvalue weighted by atomic mass is 79.9. The maximum absolute atomic E-state index is 13.4. The van der Waals surface area contributed by atoms with Crippen LogP contribution in [-0.4, -0.2) is 5.78 Å². The minimum atomic E-state index is -0.363. The lowest BCUT2D eigenvalue weighted by molar-refractivity contribution is 0.0836. The zero-order chi connectivity index (χ0) is 13.3. The van der Waals surface area contributed by atoms with E-state index in [2.05, 4.69) is 29.8 Å². The van der Waals surface area contributed by atoms with Crippen LogP contribution in [0.15, 0.2) is 22.7 Å². The van der Waals surface area contributed by atoms with Crippen LogP contribution >= 0.6 is 15.9 Å². The molecule has 1 fully saturated rings. The van der Waals surface area contributed by atoms with Crippen LogP contribution in [0.3, 0.4) is 0 Å². The van der Waals surface area contributed by atoms with Crippen LogP contribution in [0.2, 0.25) is 0 Å². The highest BCUT2D eigenvalue weighted by Gasteiger charge is 2.30. The molecular weight excluding hydrogens is 295 g/mol. The van der Waals surface area contributed by atoms with Gasteiger partial charge in [0.25, 0.3) is 0 Å². The molecule has 1 aliphatic carbocycles. The Morgan fingerprint density at radius 2 is 2.00 bits per heavy atom. The summed E-state index contributed by atoms with van der Waals surface area (Å²) in [5, 5.41) is 0. The molecule has 0 spiro atoms. The first-order chi connectivity index (χ1) is 8.50. The van der Waals surface area contributed by atoms with Gasteiger partial charge in [0.05, 0.1) is 4.47 Å². The van der Waals surface area contributed by atoms with Crippen molar-refractivity contribution in [1.29, 1.82) is 0 Å². The third kappa shape index (κ3) is 2.66. The summed E-state index contributed by atoms with van der Waals surface area (Å²) in [6, 6.07) is 4.67. The fourth-order valence-electron chi connectivity index (χ4n) is 2.70. The van der Waals surface area contributed by atoms with Gasteiger partial charge in [0.2, 0.25) is 0 Å². The van der Waals surface area contributed by atoms with Crippen molar-refractivity contribution in [3.05, 3.63) is 34.1 Å². The molecule has 0 aliphatic heterocycles. The Hall–Kier alpha value is -0.700. The number of ketones is 1. The molecule has 3 heteroatoms. The zero-order valence-electron chi connectivity index (χ0n) is 10.7. The fourth-order valence-corrected chi connectivity index (χ4v) is 3.16. The van der Waals surface area contributed by atoms with E-state index in [0.717, 1.165) is 19.3 Å². The van der Waals surface area contributed by atoms with Crippen molar-refractivity contribution in [1.82, 2.24) is 0 Å². The van der Waals surface area contributed by atoms with Crippen molar-refractivity contribution in [2.24, 2.45) is 17.8 Å². The molecule has 3 unspecified atom stereocenters. The first-order valence-electron chi connectivity index (χ1n) is 6.49. The third-order valence-corrected chi connectivity index (χ3v) is 4.99. The molecular formula is C15H18BrFO. The highest BCUT2D eigenvalue weighted by molar-refractivity contribution is 9.10. The van der Waals surface area contributed by atoms with Crippen molar-refractivity contribution in [3.8, 4) is 0 Å². The molecule has 0 aromatic heterocycles. The van der Waals surface area contributed by atoms with Crippen LogP contribution in [-0.2, 0) is 0 Å². The Bertz CT molecular complexity index is 458. The van der Waals surface area contributed by atoms with Gasteiger partial charge >= 0.3 is 0 Å². The number of hydrogen-bond acceptors (Lipinski definition) is 1. The molecule has 18 heavy (non-hydrogen) atoms. The third-order valence-electron chi connectivity index (χ3n) is 4.19. The lowest BCUT2D eigenvalue weighted by Crippen LogP contribution is -2.26. The second-order valence-corrected chi connectivity index (χ2v) is 6.22. The van der Waals surface area contributed by atoms with Gasteiger partial charge in [-0.25, -0.2) is 4.39 Å². The lowest BCUT2D eigenvalue weighted by Gasteiger charge is -2.31. The molecule has 0 saturated heterocycles. The molecule has 0 heterocycles. The Balaban J connectivity index is 2.19. The molecule has 2 rings (SSSR count). The second-order valence-electron chi connectivity index (χ2n) is 5.43. The fraction of sp³-hybridized carbons (Fsp3) is 0.533. The standard InChI is InChI=1S/C15H18BrFO/c1-9-6-7-11(8-10(9)2)15(18)12-4-3-5-13(17)14(12)16/h3-5,9-11H,6-8H2,1-2H3. The largest absolute Gasteiger partial charge is 0.294 e. The van der Waals surface area contributed by atoms with Gasteiger partial charge in [-0.15, -0.1) is 0 Å². The first-order valence-corrected chi connectivity index (χ1v) is 7.28. The van der Waals surface area contributed by atoms with E-state index >= 15 is 0 Å². The van der Waals surface area contributed by atoms with Crippen molar-refractivity contribution in [2.75, 3.05) is 0 Å². The topological polar surface area (TPSA) is 17.1 Å². The van der Waals surface area contributed by atoms with Crippen LogP contribution in [0, 0.1) is 23.6 Å². The summed E-state index contributed by atoms with van der Waals surface area (Å²) in [7, 11) is 0. The molecule has 1 aromatic rings. The zero-order valence-corrected chi connectivity index (χ0v) is 12.3. The van der Waals surface area contributed by atoms with E-state index in [9.17, 15) is 9.18 Å². The van der Waals surface area contributed by atoms with Gasteiger partial charge < -0.3 is 0 Å². The van der Waals surface area contributed by atoms with Gasteiger partial charge in [-0.1, -0.05) is 26.0 Å². The summed E-state index contributed by atoms with van der Waals surface area (Å²) in [5.41, 5.74) is 0.488. The van der Waals surface area contributed by atoms with E-state index in [1.807, 2.05) is 0 Å². The van der Waals surface area contributed by atoms with Gasteiger partial charge in [-0.2, -0.15) is 0 Å². The number of benzene rings is 1. The van der Waals surface area contributed by atoms with Gasteiger partial charge in [-0.3, -0.25) is 4.79 Å². The van der Waals surface area contributed by atoms with E-state index in [0.29, 0.717) is 21.9 Å². The van der Waals surface area contributed by atoms with Gasteiger partial charge in [0.1, 0.15) is 5.82 Å². The van der Waals surface area contributed by atoms with Crippen molar-refractivity contribution >= 4 is 21.7 Å². The summed E-state index contributed by atoms with van der Waals surface area (Å²) >= 11 is 3.18. The minimum Gasteiger partial charge on any atom is -0.294 e. The number of halogens is 2. The summed E-state index contributed by atoms with van der Waals surface area (Å²) in [4.78, 5) is 12.4. The normalized spacial score (nSPS) is 28.1. The van der Waals surface area contributed by atoms with E-state index in [1.165, 1.54) is 6.07 Å². The second kappa shape index (κ2) is 5.52. The Morgan fingerprint density at radius 1 is 1.28 bits per heavy atom. The molecule has 0 amide bonds. The predicted octanol–water partition coefficient (Wildman–Crippen LogP) is 4.84. The smallest absolute Gasteiger partial charge is 0.167 e. The van der Waals surface area contributed by atoms with Crippen LogP contribution < -0.4 is 0 Å². The van der Waals surface area contributed by atoms with Crippen LogP contribution in [0.5, 0.6) is 0 Å². The number of carbonyl (C=O) groups is 1. The maximum atomic E-state index is 13.4. The Morgan fingerprint density at radius 3 is 2.67 bits per heavy atom. The van der Waals surface area contributed by atoms with Crippen LogP contribution in [0.25, 0.3) is 0 Å². The Kier molecular flexibility index (Phi) is 4.21. The molecule has 3 atom stereocenters. The number of hydrogen-bond donors (Lipinski definition) is 0. The summed E-state index contributed by atoms with van der Waals surface area (Å²) < 4.78 is 13.8. The average Bonchev–Trinajstić information content (AvgIpc) is 2.35. The lowest BCUT2D eigenvalue weighted by atomic mass is 9.73. The summed E-state index contributed by atoms with van der Waals surface area (Å²) in [5.74, 6) is 1.03. The monoisotopic (exact) mass is 312 g/mol. The molecule has 1 saturated carbocycles. The predicted molar refractivity (Wildman–Crippen MR) is 74.1 cm³/mol. The van der Waals surface area contributed by atoms with Crippen molar-refractivity contribution < 1.29 is 9.18 Å². The molecule has 1 aliphatic rings. The van der Waals surface area contributed by atoms with Gasteiger partial charge in [0.15, 0.2) is 5.78 Å². The maximum Gasteiger partial charge on any atom is 0.167 e. The first kappa shape index (κ1) is 13.7. The number of rotatable bonds is 2. The Labute approximate surface area is 116 Å². The molecule has 0 bridgehead atoms. The summed E-state index contributed by atoms with van der Waals surface area (Å²) in [6.07, 6.45) is 2.93. The number of carbonyl (C=O) groups excluding carboxylic acids is 1. The summed E-state index contributed by atoms with van der Waals surface area (Å²) in [6.45, 7) is 4.44. The van der Waals surface area contributed by atoms with E-state index in [1.54, 1.807) is 12.1 Å². The van der Waals surface area contributed by atoms with E-state index < -0.39 is 0 Å².